The normalized spacial score (nSPS) is 15.0. The molecule has 0 aliphatic carbocycles. The largest absolute Gasteiger partial charge is 0.419 e. The van der Waals surface area contributed by atoms with Crippen LogP contribution in [-0.2, 0) is 0 Å². The molecule has 1 N–H and O–H groups in total. The summed E-state index contributed by atoms with van der Waals surface area (Å²) in [7, 11) is 0. The van der Waals surface area contributed by atoms with Gasteiger partial charge >= 0.3 is 6.18 Å². The average Bonchev–Trinajstić information content (AvgIpc) is 2.19. The van der Waals surface area contributed by atoms with Gasteiger partial charge in [0.05, 0.1) is 0 Å². The van der Waals surface area contributed by atoms with Crippen molar-refractivity contribution in [2.24, 2.45) is 0 Å². The van der Waals surface area contributed by atoms with E-state index < -0.39 is 12.3 Å². The molecule has 0 saturated heterocycles. The monoisotopic (exact) mass is 342 g/mol. The third kappa shape index (κ3) is 3.79. The zero-order chi connectivity index (χ0) is 12.3. The van der Waals surface area contributed by atoms with E-state index in [9.17, 15) is 13.2 Å². The van der Waals surface area contributed by atoms with Gasteiger partial charge in [-0.25, -0.2) is 0 Å². The Labute approximate surface area is 105 Å². The van der Waals surface area contributed by atoms with Crippen LogP contribution in [0.4, 0.5) is 13.2 Å². The lowest BCUT2D eigenvalue weighted by atomic mass is 10.1. The molecule has 1 unspecified atom stereocenters. The SMILES string of the molecule is Cc1ccc(/C=C(\I)C(O)C(F)(F)F)cc1. The summed E-state index contributed by atoms with van der Waals surface area (Å²) in [5.41, 5.74) is 1.67. The van der Waals surface area contributed by atoms with Crippen molar-refractivity contribution in [1.82, 2.24) is 0 Å². The van der Waals surface area contributed by atoms with Crippen molar-refractivity contribution < 1.29 is 18.3 Å². The molecular formula is C11H10F3IO. The van der Waals surface area contributed by atoms with Crippen molar-refractivity contribution in [1.29, 1.82) is 0 Å². The number of aliphatic hydroxyl groups is 1. The lowest BCUT2D eigenvalue weighted by Crippen LogP contribution is -2.28. The van der Waals surface area contributed by atoms with Gasteiger partial charge in [-0.2, -0.15) is 13.2 Å². The summed E-state index contributed by atoms with van der Waals surface area (Å²) in [5.74, 6) is 0. The molecule has 1 aromatic rings. The summed E-state index contributed by atoms with van der Waals surface area (Å²) >= 11 is 1.50. The lowest BCUT2D eigenvalue weighted by Gasteiger charge is -2.13. The van der Waals surface area contributed by atoms with Gasteiger partial charge in [0.25, 0.3) is 0 Å². The summed E-state index contributed by atoms with van der Waals surface area (Å²) < 4.78 is 36.4. The molecule has 0 aliphatic heterocycles. The molecule has 0 radical (unpaired) electrons. The Balaban J connectivity index is 2.88. The van der Waals surface area contributed by atoms with Crippen molar-refractivity contribution in [3.63, 3.8) is 0 Å². The quantitative estimate of drug-likeness (QED) is 0.813. The first-order chi connectivity index (χ1) is 7.30. The van der Waals surface area contributed by atoms with E-state index >= 15 is 0 Å². The minimum absolute atomic E-state index is 0.144. The number of hydrogen-bond acceptors (Lipinski definition) is 1. The Hall–Kier alpha value is -0.560. The summed E-state index contributed by atoms with van der Waals surface area (Å²) in [6, 6.07) is 7.01. The van der Waals surface area contributed by atoms with Gasteiger partial charge in [-0.05, 0) is 41.2 Å². The molecule has 88 valence electrons. The molecule has 1 atom stereocenters. The Morgan fingerprint density at radius 3 is 2.25 bits per heavy atom. The van der Waals surface area contributed by atoms with E-state index in [-0.39, 0.29) is 3.58 Å². The van der Waals surface area contributed by atoms with E-state index in [0.717, 1.165) is 5.56 Å². The molecule has 0 aliphatic rings. The summed E-state index contributed by atoms with van der Waals surface area (Å²) in [4.78, 5) is 0. The Bertz CT molecular complexity index is 381. The van der Waals surface area contributed by atoms with Gasteiger partial charge in [0.2, 0.25) is 0 Å². The van der Waals surface area contributed by atoms with Crippen LogP contribution in [0.5, 0.6) is 0 Å². The van der Waals surface area contributed by atoms with Gasteiger partial charge in [-0.1, -0.05) is 29.8 Å². The Kier molecular flexibility index (Phi) is 4.37. The maximum atomic E-state index is 12.2. The summed E-state index contributed by atoms with van der Waals surface area (Å²) in [6.07, 6.45) is -5.70. The lowest BCUT2D eigenvalue weighted by molar-refractivity contribution is -0.188. The van der Waals surface area contributed by atoms with Gasteiger partial charge in [-0.15, -0.1) is 0 Å². The van der Waals surface area contributed by atoms with Crippen LogP contribution in [-0.4, -0.2) is 17.4 Å². The second-order valence-electron chi connectivity index (χ2n) is 3.38. The number of hydrogen-bond donors (Lipinski definition) is 1. The molecule has 0 spiro atoms. The molecule has 0 saturated carbocycles. The second kappa shape index (κ2) is 5.18. The molecule has 0 heterocycles. The van der Waals surface area contributed by atoms with Crippen molar-refractivity contribution in [2.45, 2.75) is 19.2 Å². The maximum absolute atomic E-state index is 12.2. The fourth-order valence-corrected chi connectivity index (χ4v) is 1.77. The number of benzene rings is 1. The fourth-order valence-electron chi connectivity index (χ4n) is 1.06. The highest BCUT2D eigenvalue weighted by Crippen LogP contribution is 2.29. The van der Waals surface area contributed by atoms with Crippen LogP contribution >= 0.6 is 22.6 Å². The van der Waals surface area contributed by atoms with Gasteiger partial charge in [0, 0.05) is 3.58 Å². The minimum Gasteiger partial charge on any atom is -0.379 e. The van der Waals surface area contributed by atoms with Crippen LogP contribution in [0, 0.1) is 6.92 Å². The van der Waals surface area contributed by atoms with Crippen LogP contribution < -0.4 is 0 Å². The minimum atomic E-state index is -4.61. The smallest absolute Gasteiger partial charge is 0.379 e. The first kappa shape index (κ1) is 13.5. The van der Waals surface area contributed by atoms with Crippen molar-refractivity contribution in [3.8, 4) is 0 Å². The number of aliphatic hydroxyl groups excluding tert-OH is 1. The zero-order valence-corrected chi connectivity index (χ0v) is 10.6. The van der Waals surface area contributed by atoms with Crippen LogP contribution in [0.2, 0.25) is 0 Å². The predicted molar refractivity (Wildman–Crippen MR) is 65.2 cm³/mol. The molecule has 1 aromatic carbocycles. The van der Waals surface area contributed by atoms with Gasteiger partial charge < -0.3 is 5.11 Å². The van der Waals surface area contributed by atoms with Crippen LogP contribution in [0.1, 0.15) is 11.1 Å². The van der Waals surface area contributed by atoms with Gasteiger partial charge in [0.1, 0.15) is 0 Å². The van der Waals surface area contributed by atoms with Crippen LogP contribution in [0.3, 0.4) is 0 Å². The van der Waals surface area contributed by atoms with E-state index in [0.29, 0.717) is 5.56 Å². The second-order valence-corrected chi connectivity index (χ2v) is 4.63. The average molecular weight is 342 g/mol. The molecule has 16 heavy (non-hydrogen) atoms. The third-order valence-electron chi connectivity index (χ3n) is 1.95. The van der Waals surface area contributed by atoms with E-state index in [1.54, 1.807) is 24.3 Å². The Morgan fingerprint density at radius 2 is 1.81 bits per heavy atom. The zero-order valence-electron chi connectivity index (χ0n) is 8.42. The molecule has 0 aromatic heterocycles. The first-order valence-corrected chi connectivity index (χ1v) is 5.57. The molecule has 0 amide bonds. The highest BCUT2D eigenvalue weighted by atomic mass is 127. The van der Waals surface area contributed by atoms with Crippen LogP contribution in [0.25, 0.3) is 6.08 Å². The highest BCUT2D eigenvalue weighted by Gasteiger charge is 2.39. The van der Waals surface area contributed by atoms with E-state index in [1.807, 2.05) is 6.92 Å². The molecule has 1 rings (SSSR count). The van der Waals surface area contributed by atoms with Gasteiger partial charge in [-0.3, -0.25) is 0 Å². The van der Waals surface area contributed by atoms with Crippen molar-refractivity contribution in [3.05, 3.63) is 39.0 Å². The molecule has 0 fully saturated rings. The number of halogens is 4. The molecular weight excluding hydrogens is 332 g/mol. The molecule has 1 nitrogen and oxygen atoms in total. The van der Waals surface area contributed by atoms with Crippen molar-refractivity contribution >= 4 is 28.7 Å². The van der Waals surface area contributed by atoms with E-state index in [2.05, 4.69) is 0 Å². The fraction of sp³-hybridized carbons (Fsp3) is 0.273. The number of rotatable bonds is 2. The van der Waals surface area contributed by atoms with E-state index in [1.165, 1.54) is 28.7 Å². The van der Waals surface area contributed by atoms with Crippen LogP contribution in [0.15, 0.2) is 27.8 Å². The predicted octanol–water partition coefficient (Wildman–Crippen LogP) is 3.69. The van der Waals surface area contributed by atoms with Gasteiger partial charge in [0.15, 0.2) is 6.10 Å². The standard InChI is InChI=1S/C11H10F3IO/c1-7-2-4-8(5-3-7)6-9(15)10(16)11(12,13)14/h2-6,10,16H,1H3/b9-6-. The third-order valence-corrected chi connectivity index (χ3v) is 2.85. The highest BCUT2D eigenvalue weighted by molar-refractivity contribution is 14.1. The summed E-state index contributed by atoms with van der Waals surface area (Å²) in [5, 5.41) is 8.97. The maximum Gasteiger partial charge on any atom is 0.419 e. The Morgan fingerprint density at radius 1 is 1.31 bits per heavy atom. The molecule has 0 bridgehead atoms. The summed E-state index contributed by atoms with van der Waals surface area (Å²) in [6.45, 7) is 1.89. The van der Waals surface area contributed by atoms with E-state index in [4.69, 9.17) is 5.11 Å². The first-order valence-electron chi connectivity index (χ1n) is 4.49. The number of alkyl halides is 3. The topological polar surface area (TPSA) is 20.2 Å². The number of aryl methyl sites for hydroxylation is 1. The van der Waals surface area contributed by atoms with Crippen molar-refractivity contribution in [2.75, 3.05) is 0 Å². The molecule has 5 heteroatoms.